The highest BCUT2D eigenvalue weighted by Crippen LogP contribution is 2.40. The first-order valence-corrected chi connectivity index (χ1v) is 11.4. The van der Waals surface area contributed by atoms with Gasteiger partial charge in [-0.05, 0) is 54.3 Å². The first-order valence-electron chi connectivity index (χ1n) is 11.4. The molecule has 0 radical (unpaired) electrons. The predicted octanol–water partition coefficient (Wildman–Crippen LogP) is 5.83. The van der Waals surface area contributed by atoms with Gasteiger partial charge in [-0.15, -0.1) is 0 Å². The van der Waals surface area contributed by atoms with E-state index in [0.717, 1.165) is 54.0 Å². The number of carbonyl (C=O) groups is 1. The van der Waals surface area contributed by atoms with Crippen LogP contribution in [0.25, 0.3) is 5.57 Å². The minimum absolute atomic E-state index is 0.0726. The molecule has 3 N–H and O–H groups in total. The summed E-state index contributed by atoms with van der Waals surface area (Å²) in [5.41, 5.74) is 14.1. The van der Waals surface area contributed by atoms with Crippen LogP contribution in [0.3, 0.4) is 0 Å². The summed E-state index contributed by atoms with van der Waals surface area (Å²) in [4.78, 5) is 15.1. The quantitative estimate of drug-likeness (QED) is 0.470. The molecule has 2 aliphatic heterocycles. The number of benzene rings is 3. The largest absolute Gasteiger partial charge is 0.399 e. The van der Waals surface area contributed by atoms with Gasteiger partial charge >= 0.3 is 0 Å². The molecule has 5 rings (SSSR count). The zero-order valence-electron chi connectivity index (χ0n) is 19.1. The lowest BCUT2D eigenvalue weighted by atomic mass is 9.86. The fourth-order valence-corrected chi connectivity index (χ4v) is 4.61. The molecule has 0 aliphatic carbocycles. The number of hydrogen-bond acceptors (Lipinski definition) is 4. The molecule has 1 fully saturated rings. The van der Waals surface area contributed by atoms with E-state index in [-0.39, 0.29) is 5.91 Å². The van der Waals surface area contributed by atoms with Gasteiger partial charge in [0.15, 0.2) is 0 Å². The standard InChI is InChI=1S/C26H22N4O.C2H6/c27-16-18-15-19(28)9-10-24(18)30-13-11-17(12-14-30)25-20-5-1-2-6-21(20)26(31)29-23-8-4-3-7-22(23)25;1-2/h1-10,15H,11-14,28H2,(H,29,31);1-2H3. The lowest BCUT2D eigenvalue weighted by Gasteiger charge is -2.32. The van der Waals surface area contributed by atoms with E-state index in [1.807, 2.05) is 68.4 Å². The maximum Gasteiger partial charge on any atom is 0.256 e. The van der Waals surface area contributed by atoms with Gasteiger partial charge in [-0.2, -0.15) is 5.26 Å². The van der Waals surface area contributed by atoms with Crippen molar-refractivity contribution < 1.29 is 4.79 Å². The second-order valence-electron chi connectivity index (χ2n) is 7.90. The summed E-state index contributed by atoms with van der Waals surface area (Å²) in [5, 5.41) is 12.6. The van der Waals surface area contributed by atoms with Crippen molar-refractivity contribution >= 4 is 28.5 Å². The van der Waals surface area contributed by atoms with Gasteiger partial charge in [0.1, 0.15) is 6.07 Å². The molecule has 1 amide bonds. The maximum absolute atomic E-state index is 12.8. The minimum Gasteiger partial charge on any atom is -0.399 e. The number of nitrogens with one attached hydrogen (secondary N) is 1. The third-order valence-corrected chi connectivity index (χ3v) is 6.09. The molecule has 5 heteroatoms. The lowest BCUT2D eigenvalue weighted by Crippen LogP contribution is -2.31. The van der Waals surface area contributed by atoms with Gasteiger partial charge in [0.05, 0.1) is 11.3 Å². The number of anilines is 3. The van der Waals surface area contributed by atoms with Crippen molar-refractivity contribution in [2.75, 3.05) is 29.0 Å². The van der Waals surface area contributed by atoms with Crippen molar-refractivity contribution in [3.8, 4) is 6.07 Å². The number of nitrogens with two attached hydrogens (primary N) is 1. The Bertz CT molecular complexity index is 1260. The molecule has 3 aromatic rings. The third-order valence-electron chi connectivity index (χ3n) is 6.09. The van der Waals surface area contributed by atoms with Gasteiger partial charge in [-0.3, -0.25) is 4.79 Å². The van der Waals surface area contributed by atoms with Crippen molar-refractivity contribution in [3.05, 3.63) is 94.6 Å². The smallest absolute Gasteiger partial charge is 0.256 e. The molecule has 5 nitrogen and oxygen atoms in total. The normalized spacial score (nSPS) is 14.7. The monoisotopic (exact) mass is 436 g/mol. The van der Waals surface area contributed by atoms with E-state index < -0.39 is 0 Å². The molecule has 2 aliphatic rings. The van der Waals surface area contributed by atoms with Crippen LogP contribution < -0.4 is 16.0 Å². The zero-order valence-corrected chi connectivity index (χ0v) is 19.1. The maximum atomic E-state index is 12.8. The number of rotatable bonds is 1. The first-order chi connectivity index (χ1) is 16.2. The zero-order chi connectivity index (χ0) is 23.4. The Hall–Kier alpha value is -4.04. The molecular weight excluding hydrogens is 408 g/mol. The van der Waals surface area contributed by atoms with Crippen molar-refractivity contribution in [2.24, 2.45) is 0 Å². The molecule has 33 heavy (non-hydrogen) atoms. The Balaban J connectivity index is 0.00000126. The Morgan fingerprint density at radius 2 is 1.55 bits per heavy atom. The van der Waals surface area contributed by atoms with Gasteiger partial charge < -0.3 is 16.0 Å². The van der Waals surface area contributed by atoms with E-state index in [4.69, 9.17) is 5.73 Å². The van der Waals surface area contributed by atoms with Crippen LogP contribution in [0.1, 0.15) is 53.7 Å². The third kappa shape index (κ3) is 4.20. The minimum atomic E-state index is -0.0726. The van der Waals surface area contributed by atoms with Crippen LogP contribution >= 0.6 is 0 Å². The number of amides is 1. The summed E-state index contributed by atoms with van der Waals surface area (Å²) in [7, 11) is 0. The summed E-state index contributed by atoms with van der Waals surface area (Å²) in [5.74, 6) is -0.0726. The highest BCUT2D eigenvalue weighted by atomic mass is 16.1. The molecule has 0 unspecified atom stereocenters. The van der Waals surface area contributed by atoms with Crippen LogP contribution in [-0.2, 0) is 0 Å². The van der Waals surface area contributed by atoms with E-state index in [1.54, 1.807) is 6.07 Å². The van der Waals surface area contributed by atoms with Crippen LogP contribution in [-0.4, -0.2) is 19.0 Å². The number of piperidine rings is 1. The predicted molar refractivity (Wildman–Crippen MR) is 135 cm³/mol. The Labute approximate surface area is 195 Å². The fourth-order valence-electron chi connectivity index (χ4n) is 4.61. The molecule has 3 aromatic carbocycles. The summed E-state index contributed by atoms with van der Waals surface area (Å²) in [6, 6.07) is 23.6. The number of nitriles is 1. The highest BCUT2D eigenvalue weighted by molar-refractivity contribution is 6.13. The van der Waals surface area contributed by atoms with Gasteiger partial charge in [0.25, 0.3) is 5.91 Å². The van der Waals surface area contributed by atoms with Gasteiger partial charge in [-0.25, -0.2) is 0 Å². The van der Waals surface area contributed by atoms with Crippen molar-refractivity contribution in [1.29, 1.82) is 5.26 Å². The molecule has 0 bridgehead atoms. The number of hydrogen-bond donors (Lipinski definition) is 2. The number of nitrogens with zero attached hydrogens (tertiary/aromatic N) is 2. The SMILES string of the molecule is CC.N#Cc1cc(N)ccc1N1CCC(=C2c3ccccc3NC(=O)c3ccccc32)CC1. The lowest BCUT2D eigenvalue weighted by molar-refractivity contribution is 0.102. The number of fused-ring (bicyclic) bond motifs is 2. The summed E-state index contributed by atoms with van der Waals surface area (Å²) >= 11 is 0. The molecule has 1 saturated heterocycles. The second kappa shape index (κ2) is 9.62. The molecular formula is C28H28N4O. The summed E-state index contributed by atoms with van der Waals surface area (Å²) in [6.45, 7) is 5.62. The Kier molecular flexibility index (Phi) is 6.46. The summed E-state index contributed by atoms with van der Waals surface area (Å²) in [6.07, 6.45) is 1.73. The number of nitrogen functional groups attached to an aromatic ring is 1. The van der Waals surface area contributed by atoms with Crippen molar-refractivity contribution in [1.82, 2.24) is 0 Å². The first kappa shape index (κ1) is 22.2. The van der Waals surface area contributed by atoms with E-state index in [0.29, 0.717) is 16.8 Å². The van der Waals surface area contributed by atoms with Gasteiger partial charge in [-0.1, -0.05) is 55.8 Å². The van der Waals surface area contributed by atoms with Crippen LogP contribution in [0.5, 0.6) is 0 Å². The van der Waals surface area contributed by atoms with Gasteiger partial charge in [0.2, 0.25) is 0 Å². The van der Waals surface area contributed by atoms with Crippen molar-refractivity contribution in [2.45, 2.75) is 26.7 Å². The molecule has 0 saturated carbocycles. The number of carbonyl (C=O) groups excluding carboxylic acids is 1. The van der Waals surface area contributed by atoms with Crippen LogP contribution in [0.2, 0.25) is 0 Å². The average molecular weight is 437 g/mol. The Morgan fingerprint density at radius 3 is 2.24 bits per heavy atom. The molecule has 0 aromatic heterocycles. The molecule has 2 heterocycles. The van der Waals surface area contributed by atoms with E-state index in [9.17, 15) is 10.1 Å². The molecule has 0 spiro atoms. The number of para-hydroxylation sites is 1. The molecule has 0 atom stereocenters. The average Bonchev–Trinajstić information content (AvgIpc) is 2.99. The van der Waals surface area contributed by atoms with Crippen molar-refractivity contribution in [3.63, 3.8) is 0 Å². The highest BCUT2D eigenvalue weighted by Gasteiger charge is 2.27. The van der Waals surface area contributed by atoms with Crippen LogP contribution in [0.15, 0.2) is 72.3 Å². The van der Waals surface area contributed by atoms with Gasteiger partial charge in [0, 0.05) is 35.6 Å². The van der Waals surface area contributed by atoms with E-state index in [2.05, 4.69) is 22.4 Å². The Morgan fingerprint density at radius 1 is 0.909 bits per heavy atom. The van der Waals surface area contributed by atoms with E-state index in [1.165, 1.54) is 5.57 Å². The topological polar surface area (TPSA) is 82.2 Å². The van der Waals surface area contributed by atoms with Crippen LogP contribution in [0, 0.1) is 11.3 Å². The molecule has 166 valence electrons. The fraction of sp³-hybridized carbons (Fsp3) is 0.214. The summed E-state index contributed by atoms with van der Waals surface area (Å²) < 4.78 is 0. The second-order valence-corrected chi connectivity index (χ2v) is 7.90. The van der Waals surface area contributed by atoms with Crippen LogP contribution in [0.4, 0.5) is 17.1 Å². The van der Waals surface area contributed by atoms with E-state index >= 15 is 0 Å².